The maximum absolute atomic E-state index is 3.91. The summed E-state index contributed by atoms with van der Waals surface area (Å²) >= 11 is 3.05. The van der Waals surface area contributed by atoms with Crippen LogP contribution >= 0.6 is 47.3 Å². The Morgan fingerprint density at radius 3 is 2.75 bits per heavy atom. The molecule has 0 spiro atoms. The molecule has 1 heterocycles. The van der Waals surface area contributed by atoms with Gasteiger partial charge in [0.05, 0.1) is 0 Å². The molecule has 1 rings (SSSR count). The summed E-state index contributed by atoms with van der Waals surface area (Å²) in [6, 6.07) is 0. The van der Waals surface area contributed by atoms with E-state index in [1.807, 2.05) is 6.26 Å². The van der Waals surface area contributed by atoms with Crippen molar-refractivity contribution in [2.24, 2.45) is 0 Å². The molecule has 8 heavy (non-hydrogen) atoms. The van der Waals surface area contributed by atoms with E-state index in [1.165, 1.54) is 11.5 Å². The smallest absolute Gasteiger partial charge is 0.169 e. The summed E-state index contributed by atoms with van der Waals surface area (Å²) in [7, 11) is 0. The van der Waals surface area contributed by atoms with Gasteiger partial charge < -0.3 is 0 Å². The van der Waals surface area contributed by atoms with Crippen LogP contribution in [0.5, 0.6) is 0 Å². The van der Waals surface area contributed by atoms with Crippen molar-refractivity contribution >= 4 is 47.3 Å². The van der Waals surface area contributed by atoms with Crippen molar-refractivity contribution in [2.45, 2.75) is 4.34 Å². The Labute approximate surface area is 73.3 Å². The third kappa shape index (κ3) is 2.27. The highest BCUT2D eigenvalue weighted by Crippen LogP contribution is 2.12. The first kappa shape index (κ1) is 8.64. The van der Waals surface area contributed by atoms with Gasteiger partial charge in [-0.05, 0) is 17.8 Å². The molecular formula is C3H5IN2S2. The number of halogens is 1. The van der Waals surface area contributed by atoms with Gasteiger partial charge in [-0.1, -0.05) is 11.8 Å². The molecule has 0 aliphatic carbocycles. The van der Waals surface area contributed by atoms with Gasteiger partial charge in [0.1, 0.15) is 6.33 Å². The third-order valence-electron chi connectivity index (χ3n) is 0.516. The van der Waals surface area contributed by atoms with Crippen molar-refractivity contribution in [2.75, 3.05) is 6.26 Å². The maximum atomic E-state index is 3.91. The van der Waals surface area contributed by atoms with Gasteiger partial charge >= 0.3 is 0 Å². The first-order valence-corrected chi connectivity index (χ1v) is 3.74. The Morgan fingerprint density at radius 2 is 2.50 bits per heavy atom. The van der Waals surface area contributed by atoms with Crippen molar-refractivity contribution in [1.82, 2.24) is 9.36 Å². The monoisotopic (exact) mass is 260 g/mol. The average Bonchev–Trinajstić information content (AvgIpc) is 2.14. The molecule has 46 valence electrons. The molecule has 0 radical (unpaired) electrons. The predicted octanol–water partition coefficient (Wildman–Crippen LogP) is 1.88. The number of nitrogens with zero attached hydrogens (tertiary/aromatic N) is 2. The Bertz CT molecular complexity index is 130. The molecule has 0 aromatic carbocycles. The number of hydrogen-bond acceptors (Lipinski definition) is 4. The second-order valence-corrected chi connectivity index (χ2v) is 2.74. The molecule has 2 nitrogen and oxygen atoms in total. The Kier molecular flexibility index (Phi) is 4.87. The fourth-order valence-electron chi connectivity index (χ4n) is 0.253. The molecule has 0 fully saturated rings. The largest absolute Gasteiger partial charge is 0.217 e. The highest BCUT2D eigenvalue weighted by Gasteiger charge is 1.87. The van der Waals surface area contributed by atoms with E-state index >= 15 is 0 Å². The summed E-state index contributed by atoms with van der Waals surface area (Å²) in [5.41, 5.74) is 0. The molecule has 1 aromatic heterocycles. The zero-order valence-corrected chi connectivity index (χ0v) is 8.16. The molecule has 5 heteroatoms. The van der Waals surface area contributed by atoms with E-state index in [0.717, 1.165) is 4.34 Å². The molecule has 0 aliphatic heterocycles. The lowest BCUT2D eigenvalue weighted by molar-refractivity contribution is 1.22. The van der Waals surface area contributed by atoms with E-state index in [4.69, 9.17) is 0 Å². The fraction of sp³-hybridized carbons (Fsp3) is 0.333. The van der Waals surface area contributed by atoms with Crippen molar-refractivity contribution in [3.8, 4) is 0 Å². The average molecular weight is 260 g/mol. The van der Waals surface area contributed by atoms with Crippen molar-refractivity contribution in [3.05, 3.63) is 6.33 Å². The summed E-state index contributed by atoms with van der Waals surface area (Å²) in [5, 5.41) is 0. The molecule has 0 aliphatic rings. The third-order valence-corrected chi connectivity index (χ3v) is 2.16. The summed E-state index contributed by atoms with van der Waals surface area (Å²) in [4.78, 5) is 3.91. The van der Waals surface area contributed by atoms with Crippen LogP contribution in [0, 0.1) is 0 Å². The van der Waals surface area contributed by atoms with Crippen LogP contribution in [0.15, 0.2) is 10.7 Å². The molecule has 0 unspecified atom stereocenters. The number of aromatic nitrogens is 2. The summed E-state index contributed by atoms with van der Waals surface area (Å²) in [6.45, 7) is 0. The highest BCUT2D eigenvalue weighted by molar-refractivity contribution is 14.0. The lowest BCUT2D eigenvalue weighted by Crippen LogP contribution is -1.57. The summed E-state index contributed by atoms with van der Waals surface area (Å²) in [5.74, 6) is 0. The van der Waals surface area contributed by atoms with Crippen LogP contribution in [0.25, 0.3) is 0 Å². The van der Waals surface area contributed by atoms with Crippen molar-refractivity contribution in [3.63, 3.8) is 0 Å². The van der Waals surface area contributed by atoms with E-state index in [1.54, 1.807) is 18.1 Å². The van der Waals surface area contributed by atoms with Crippen LogP contribution in [0.4, 0.5) is 0 Å². The van der Waals surface area contributed by atoms with Gasteiger partial charge in [-0.2, -0.15) is 4.37 Å². The molecule has 0 atom stereocenters. The predicted molar refractivity (Wildman–Crippen MR) is 47.1 cm³/mol. The van der Waals surface area contributed by atoms with Crippen LogP contribution < -0.4 is 0 Å². The van der Waals surface area contributed by atoms with E-state index in [2.05, 4.69) is 9.36 Å². The lowest BCUT2D eigenvalue weighted by atomic mass is 11.3. The molecule has 0 saturated carbocycles. The lowest BCUT2D eigenvalue weighted by Gasteiger charge is -1.74. The van der Waals surface area contributed by atoms with Crippen molar-refractivity contribution in [1.29, 1.82) is 0 Å². The van der Waals surface area contributed by atoms with E-state index < -0.39 is 0 Å². The fourth-order valence-corrected chi connectivity index (χ4v) is 1.11. The SMILES string of the molecule is CSc1ncns1.I. The standard InChI is InChI=1S/C3H4N2S2.HI/c1-6-3-4-2-5-7-3;/h2H,1H3;1H. The Balaban J connectivity index is 0.000000490. The van der Waals surface area contributed by atoms with Gasteiger partial charge in [-0.3, -0.25) is 0 Å². The zero-order valence-electron chi connectivity index (χ0n) is 4.20. The van der Waals surface area contributed by atoms with Crippen molar-refractivity contribution < 1.29 is 0 Å². The number of rotatable bonds is 1. The van der Waals surface area contributed by atoms with E-state index in [9.17, 15) is 0 Å². The second-order valence-electron chi connectivity index (χ2n) is 0.911. The molecule has 0 saturated heterocycles. The molecule has 0 amide bonds. The first-order chi connectivity index (χ1) is 3.43. The van der Waals surface area contributed by atoms with Gasteiger partial charge in [0.25, 0.3) is 0 Å². The Hall–Kier alpha value is 0.640. The highest BCUT2D eigenvalue weighted by atomic mass is 127. The van der Waals surface area contributed by atoms with Crippen LogP contribution in [0.3, 0.4) is 0 Å². The topological polar surface area (TPSA) is 25.8 Å². The van der Waals surface area contributed by atoms with Crippen LogP contribution in [0.1, 0.15) is 0 Å². The zero-order chi connectivity index (χ0) is 5.11. The number of thioether (sulfide) groups is 1. The van der Waals surface area contributed by atoms with Crippen LogP contribution in [0.2, 0.25) is 0 Å². The molecule has 0 N–H and O–H groups in total. The summed E-state index contributed by atoms with van der Waals surface area (Å²) < 4.78 is 4.83. The normalized spacial score (nSPS) is 8.12. The van der Waals surface area contributed by atoms with E-state index in [0.29, 0.717) is 0 Å². The first-order valence-electron chi connectivity index (χ1n) is 1.74. The minimum Gasteiger partial charge on any atom is -0.217 e. The quantitative estimate of drug-likeness (QED) is 0.569. The van der Waals surface area contributed by atoms with Crippen LogP contribution in [-0.2, 0) is 0 Å². The molecular weight excluding hydrogens is 255 g/mol. The maximum Gasteiger partial charge on any atom is 0.169 e. The molecule has 1 aromatic rings. The number of hydrogen-bond donors (Lipinski definition) is 0. The Morgan fingerprint density at radius 1 is 1.75 bits per heavy atom. The van der Waals surface area contributed by atoms with Gasteiger partial charge in [0.2, 0.25) is 0 Å². The second kappa shape index (κ2) is 4.51. The minimum atomic E-state index is 0. The molecule has 0 bridgehead atoms. The minimum absolute atomic E-state index is 0. The van der Waals surface area contributed by atoms with Gasteiger partial charge in [0.15, 0.2) is 4.34 Å². The van der Waals surface area contributed by atoms with Gasteiger partial charge in [-0.25, -0.2) is 4.98 Å². The van der Waals surface area contributed by atoms with Gasteiger partial charge in [-0.15, -0.1) is 24.0 Å². The van der Waals surface area contributed by atoms with E-state index in [-0.39, 0.29) is 24.0 Å². The van der Waals surface area contributed by atoms with Crippen LogP contribution in [-0.4, -0.2) is 15.6 Å². The van der Waals surface area contributed by atoms with Gasteiger partial charge in [0, 0.05) is 0 Å². The summed E-state index contributed by atoms with van der Waals surface area (Å²) in [6.07, 6.45) is 3.55.